The minimum Gasteiger partial charge on any atom is -0.497 e. The van der Waals surface area contributed by atoms with Gasteiger partial charge in [0.1, 0.15) is 11.4 Å². The zero-order valence-electron chi connectivity index (χ0n) is 13.2. The van der Waals surface area contributed by atoms with Gasteiger partial charge in [-0.3, -0.25) is 15.2 Å². The van der Waals surface area contributed by atoms with E-state index in [4.69, 9.17) is 4.74 Å². The molecule has 2 heterocycles. The predicted octanol–water partition coefficient (Wildman–Crippen LogP) is 3.54. The first kappa shape index (κ1) is 14.9. The van der Waals surface area contributed by atoms with Crippen molar-refractivity contribution < 1.29 is 9.66 Å². The molecular weight excluding hydrogens is 322 g/mol. The van der Waals surface area contributed by atoms with Crippen LogP contribution in [0.5, 0.6) is 5.75 Å². The van der Waals surface area contributed by atoms with Gasteiger partial charge in [-0.2, -0.15) is 5.10 Å². The molecule has 0 aliphatic heterocycles. The SMILES string of the molecule is COc1ccc(-c2cc(-c3nc4ccc([N+](=O)[O-])cc4[nH]3)[nH]n2)cc1. The van der Waals surface area contributed by atoms with Gasteiger partial charge in [-0.1, -0.05) is 0 Å². The number of aromatic nitrogens is 4. The number of benzene rings is 2. The summed E-state index contributed by atoms with van der Waals surface area (Å²) < 4.78 is 5.15. The molecule has 4 aromatic rings. The van der Waals surface area contributed by atoms with E-state index < -0.39 is 4.92 Å². The molecule has 0 aliphatic carbocycles. The highest BCUT2D eigenvalue weighted by Gasteiger charge is 2.13. The molecule has 0 spiro atoms. The fraction of sp³-hybridized carbons (Fsp3) is 0.0588. The maximum Gasteiger partial charge on any atom is 0.271 e. The zero-order chi connectivity index (χ0) is 17.4. The van der Waals surface area contributed by atoms with E-state index in [0.717, 1.165) is 17.0 Å². The lowest BCUT2D eigenvalue weighted by Gasteiger charge is -1.99. The van der Waals surface area contributed by atoms with Crippen molar-refractivity contribution in [3.05, 3.63) is 58.6 Å². The van der Waals surface area contributed by atoms with Crippen LogP contribution in [0.15, 0.2) is 48.5 Å². The highest BCUT2D eigenvalue weighted by molar-refractivity contribution is 5.81. The van der Waals surface area contributed by atoms with Gasteiger partial charge in [0, 0.05) is 17.7 Å². The maximum atomic E-state index is 10.9. The molecule has 0 saturated carbocycles. The van der Waals surface area contributed by atoms with Gasteiger partial charge in [0.2, 0.25) is 0 Å². The van der Waals surface area contributed by atoms with E-state index in [9.17, 15) is 10.1 Å². The van der Waals surface area contributed by atoms with Gasteiger partial charge in [0.25, 0.3) is 5.69 Å². The number of hydrogen-bond donors (Lipinski definition) is 2. The second-order valence-corrected chi connectivity index (χ2v) is 5.44. The van der Waals surface area contributed by atoms with Gasteiger partial charge in [-0.15, -0.1) is 0 Å². The number of H-pyrrole nitrogens is 2. The Kier molecular flexibility index (Phi) is 3.42. The van der Waals surface area contributed by atoms with Crippen molar-refractivity contribution in [1.29, 1.82) is 0 Å². The summed E-state index contributed by atoms with van der Waals surface area (Å²) in [7, 11) is 1.62. The molecule has 2 N–H and O–H groups in total. The van der Waals surface area contributed by atoms with E-state index in [-0.39, 0.29) is 5.69 Å². The van der Waals surface area contributed by atoms with E-state index in [1.54, 1.807) is 13.2 Å². The molecule has 25 heavy (non-hydrogen) atoms. The number of ether oxygens (including phenoxy) is 1. The molecule has 0 atom stereocenters. The molecule has 0 amide bonds. The van der Waals surface area contributed by atoms with Crippen LogP contribution in [0.25, 0.3) is 33.8 Å². The van der Waals surface area contributed by atoms with Crippen LogP contribution < -0.4 is 4.74 Å². The number of hydrogen-bond acceptors (Lipinski definition) is 5. The van der Waals surface area contributed by atoms with Crippen LogP contribution >= 0.6 is 0 Å². The minimum absolute atomic E-state index is 0.0197. The van der Waals surface area contributed by atoms with Crippen molar-refractivity contribution in [1.82, 2.24) is 20.2 Å². The molecule has 124 valence electrons. The topological polar surface area (TPSA) is 110 Å². The van der Waals surface area contributed by atoms with Crippen LogP contribution in [0.3, 0.4) is 0 Å². The van der Waals surface area contributed by atoms with E-state index in [1.165, 1.54) is 12.1 Å². The van der Waals surface area contributed by atoms with Gasteiger partial charge in [-0.25, -0.2) is 4.98 Å². The Morgan fingerprint density at radius 1 is 1.12 bits per heavy atom. The maximum absolute atomic E-state index is 10.9. The van der Waals surface area contributed by atoms with Crippen molar-refractivity contribution in [3.63, 3.8) is 0 Å². The first-order chi connectivity index (χ1) is 12.1. The van der Waals surface area contributed by atoms with Crippen LogP contribution in [0.1, 0.15) is 0 Å². The van der Waals surface area contributed by atoms with Gasteiger partial charge in [0.15, 0.2) is 5.82 Å². The van der Waals surface area contributed by atoms with E-state index in [0.29, 0.717) is 22.6 Å². The Labute approximate surface area is 141 Å². The van der Waals surface area contributed by atoms with Crippen LogP contribution in [-0.2, 0) is 0 Å². The standard InChI is InChI=1S/C17H13N5O3/c1-25-12-5-2-10(3-6-12)14-9-16(21-20-14)17-18-13-7-4-11(22(23)24)8-15(13)19-17/h2-9H,1H3,(H,18,19)(H,20,21). The number of non-ortho nitro benzene ring substituents is 1. The van der Waals surface area contributed by atoms with Crippen LogP contribution in [0, 0.1) is 10.1 Å². The summed E-state index contributed by atoms with van der Waals surface area (Å²) in [6, 6.07) is 14.0. The smallest absolute Gasteiger partial charge is 0.271 e. The molecule has 0 fully saturated rings. The van der Waals surface area contributed by atoms with Crippen molar-refractivity contribution in [2.45, 2.75) is 0 Å². The van der Waals surface area contributed by atoms with E-state index >= 15 is 0 Å². The summed E-state index contributed by atoms with van der Waals surface area (Å²) in [4.78, 5) is 18.0. The fourth-order valence-electron chi connectivity index (χ4n) is 2.59. The minimum atomic E-state index is -0.433. The molecule has 0 radical (unpaired) electrons. The fourth-order valence-corrected chi connectivity index (χ4v) is 2.59. The Hall–Kier alpha value is -3.68. The third-order valence-electron chi connectivity index (χ3n) is 3.90. The molecule has 8 nitrogen and oxygen atoms in total. The summed E-state index contributed by atoms with van der Waals surface area (Å²) in [5.74, 6) is 1.35. The molecule has 0 unspecified atom stereocenters. The molecule has 0 aliphatic rings. The van der Waals surface area contributed by atoms with Crippen molar-refractivity contribution in [3.8, 4) is 28.5 Å². The first-order valence-electron chi connectivity index (χ1n) is 7.48. The highest BCUT2D eigenvalue weighted by atomic mass is 16.6. The predicted molar refractivity (Wildman–Crippen MR) is 92.3 cm³/mol. The third-order valence-corrected chi connectivity index (χ3v) is 3.90. The number of nitrogens with zero attached hydrogens (tertiary/aromatic N) is 3. The third kappa shape index (κ3) is 2.69. The van der Waals surface area contributed by atoms with Crippen LogP contribution in [0.4, 0.5) is 5.69 Å². The second kappa shape index (κ2) is 5.75. The van der Waals surface area contributed by atoms with Gasteiger partial charge in [-0.05, 0) is 36.4 Å². The van der Waals surface area contributed by atoms with Gasteiger partial charge < -0.3 is 9.72 Å². The number of nitrogens with one attached hydrogen (secondary N) is 2. The second-order valence-electron chi connectivity index (χ2n) is 5.44. The number of methoxy groups -OCH3 is 1. The summed E-state index contributed by atoms with van der Waals surface area (Å²) in [5.41, 5.74) is 3.68. The molecule has 0 saturated heterocycles. The summed E-state index contributed by atoms with van der Waals surface area (Å²) >= 11 is 0. The Balaban J connectivity index is 1.69. The first-order valence-corrected chi connectivity index (χ1v) is 7.48. The van der Waals surface area contributed by atoms with Crippen LogP contribution in [-0.4, -0.2) is 32.2 Å². The Morgan fingerprint density at radius 2 is 1.92 bits per heavy atom. The summed E-state index contributed by atoms with van der Waals surface area (Å²) in [6.07, 6.45) is 0. The average molecular weight is 335 g/mol. The lowest BCUT2D eigenvalue weighted by Crippen LogP contribution is -1.86. The quantitative estimate of drug-likeness (QED) is 0.438. The van der Waals surface area contributed by atoms with Crippen molar-refractivity contribution in [2.75, 3.05) is 7.11 Å². The molecule has 2 aromatic heterocycles. The van der Waals surface area contributed by atoms with Gasteiger partial charge in [0.05, 0.1) is 28.8 Å². The van der Waals surface area contributed by atoms with E-state index in [1.807, 2.05) is 30.3 Å². The Morgan fingerprint density at radius 3 is 2.64 bits per heavy atom. The van der Waals surface area contributed by atoms with Crippen molar-refractivity contribution >= 4 is 16.7 Å². The largest absolute Gasteiger partial charge is 0.497 e. The number of nitro benzene ring substituents is 1. The lowest BCUT2D eigenvalue weighted by molar-refractivity contribution is -0.384. The monoisotopic (exact) mass is 335 g/mol. The number of imidazole rings is 1. The zero-order valence-corrected chi connectivity index (χ0v) is 13.2. The summed E-state index contributed by atoms with van der Waals surface area (Å²) in [6.45, 7) is 0. The summed E-state index contributed by atoms with van der Waals surface area (Å²) in [5, 5.41) is 18.1. The average Bonchev–Trinajstić information content (AvgIpc) is 3.27. The normalized spacial score (nSPS) is 10.9. The molecule has 4 rings (SSSR count). The highest BCUT2D eigenvalue weighted by Crippen LogP contribution is 2.26. The number of fused-ring (bicyclic) bond motifs is 1. The van der Waals surface area contributed by atoms with Crippen LogP contribution in [0.2, 0.25) is 0 Å². The van der Waals surface area contributed by atoms with Crippen molar-refractivity contribution in [2.24, 2.45) is 0 Å². The number of nitro groups is 1. The van der Waals surface area contributed by atoms with E-state index in [2.05, 4.69) is 20.2 Å². The number of aromatic amines is 2. The molecule has 2 aromatic carbocycles. The molecule has 0 bridgehead atoms. The number of rotatable bonds is 4. The molecular formula is C17H13N5O3. The lowest BCUT2D eigenvalue weighted by atomic mass is 10.1. The van der Waals surface area contributed by atoms with Gasteiger partial charge >= 0.3 is 0 Å². The Bertz CT molecular complexity index is 1070. The molecule has 8 heteroatoms.